The van der Waals surface area contributed by atoms with Crippen molar-refractivity contribution in [2.24, 2.45) is 0 Å². The molecule has 6 aromatic carbocycles. The van der Waals surface area contributed by atoms with Crippen LogP contribution in [0.1, 0.15) is 70.2 Å². The van der Waals surface area contributed by atoms with Gasteiger partial charge in [0.25, 0.3) is 0 Å². The summed E-state index contributed by atoms with van der Waals surface area (Å²) >= 11 is -3.98. The first kappa shape index (κ1) is 33.0. The summed E-state index contributed by atoms with van der Waals surface area (Å²) in [7, 11) is 0. The summed E-state index contributed by atoms with van der Waals surface area (Å²) in [5, 5.41) is 2.66. The van der Waals surface area contributed by atoms with E-state index in [0.717, 1.165) is 12.8 Å². The second-order valence-corrected chi connectivity index (χ2v) is 25.0. The van der Waals surface area contributed by atoms with Gasteiger partial charge in [-0.3, -0.25) is 0 Å². The molecule has 0 aromatic heterocycles. The number of hydrogen-bond acceptors (Lipinski definition) is 0. The van der Waals surface area contributed by atoms with Gasteiger partial charge >= 0.3 is 305 Å². The van der Waals surface area contributed by atoms with Crippen LogP contribution in [0, 0.1) is 0 Å². The molecule has 0 aliphatic heterocycles. The Hall–Kier alpha value is -4.19. The minimum absolute atomic E-state index is 0.0127. The first-order valence-corrected chi connectivity index (χ1v) is 23.6. The van der Waals surface area contributed by atoms with Crippen molar-refractivity contribution in [2.45, 2.75) is 65.2 Å². The quantitative estimate of drug-likeness (QED) is 0.166. The molecule has 0 N–H and O–H groups in total. The van der Waals surface area contributed by atoms with E-state index in [9.17, 15) is 0 Å². The van der Waals surface area contributed by atoms with Crippen molar-refractivity contribution < 1.29 is 19.8 Å². The Morgan fingerprint density at radius 1 is 0.600 bits per heavy atom. The average molecular weight is 727 g/mol. The van der Waals surface area contributed by atoms with Gasteiger partial charge in [0.2, 0.25) is 0 Å². The molecular weight excluding hydrogens is 680 g/mol. The van der Waals surface area contributed by atoms with Crippen molar-refractivity contribution in [3.8, 4) is 33.4 Å². The van der Waals surface area contributed by atoms with Gasteiger partial charge in [0, 0.05) is 0 Å². The Kier molecular flexibility index (Phi) is 8.08. The molecule has 50 heavy (non-hydrogen) atoms. The molecular formula is C49H47Zr. The van der Waals surface area contributed by atoms with Gasteiger partial charge in [-0.05, 0) is 0 Å². The fourth-order valence-electron chi connectivity index (χ4n) is 8.65. The van der Waals surface area contributed by atoms with E-state index in [2.05, 4.69) is 181 Å². The summed E-state index contributed by atoms with van der Waals surface area (Å²) in [4.78, 5) is 0. The third kappa shape index (κ3) is 5.41. The molecule has 247 valence electrons. The van der Waals surface area contributed by atoms with Crippen LogP contribution in [0.2, 0.25) is 0 Å². The summed E-state index contributed by atoms with van der Waals surface area (Å²) < 4.78 is 10.2. The van der Waals surface area contributed by atoms with Gasteiger partial charge in [-0.25, -0.2) is 0 Å². The van der Waals surface area contributed by atoms with Gasteiger partial charge in [0.1, 0.15) is 0 Å². The predicted molar refractivity (Wildman–Crippen MR) is 215 cm³/mol. The Labute approximate surface area is 303 Å². The van der Waals surface area contributed by atoms with E-state index in [-0.39, 0.29) is 10.8 Å². The summed E-state index contributed by atoms with van der Waals surface area (Å²) in [6.45, 7) is 14.3. The zero-order valence-corrected chi connectivity index (χ0v) is 32.9. The van der Waals surface area contributed by atoms with Crippen LogP contribution in [-0.4, -0.2) is 4.21 Å². The molecule has 2 aliphatic carbocycles. The van der Waals surface area contributed by atoms with Crippen LogP contribution < -0.4 is 6.54 Å². The zero-order valence-electron chi connectivity index (χ0n) is 30.4. The van der Waals surface area contributed by atoms with Gasteiger partial charge < -0.3 is 0 Å². The Bertz CT molecular complexity index is 2380. The summed E-state index contributed by atoms with van der Waals surface area (Å²) in [5.41, 5.74) is 13.9. The molecule has 0 spiro atoms. The number of allylic oxidation sites excluding steroid dienone is 4. The normalized spacial score (nSPS) is 15.1. The van der Waals surface area contributed by atoms with Crippen LogP contribution >= 0.6 is 0 Å². The van der Waals surface area contributed by atoms with E-state index in [1.165, 1.54) is 69.7 Å². The Morgan fingerprint density at radius 2 is 1.22 bits per heavy atom. The number of fused-ring (bicyclic) bond motifs is 4. The molecule has 8 rings (SSSR count). The molecule has 1 heteroatoms. The summed E-state index contributed by atoms with van der Waals surface area (Å²) in [6.07, 6.45) is 8.97. The van der Waals surface area contributed by atoms with E-state index in [4.69, 9.17) is 4.21 Å². The van der Waals surface area contributed by atoms with Crippen molar-refractivity contribution in [2.75, 3.05) is 0 Å². The SMILES string of the molecule is [CH2]=[Zr]([C]1=CC=CC1)([c]1c2c(cc(C(C)(C)C)c1-c1ccccc1)-c1cc(C(C)(C)C)c(-c3ccccc3)cc1C2)[c]1cccc2ccccc12. The third-order valence-electron chi connectivity index (χ3n) is 11.1. The van der Waals surface area contributed by atoms with Gasteiger partial charge in [-0.2, -0.15) is 0 Å². The molecule has 0 saturated heterocycles. The van der Waals surface area contributed by atoms with E-state index >= 15 is 0 Å². The van der Waals surface area contributed by atoms with Crippen LogP contribution in [0.5, 0.6) is 0 Å². The molecule has 0 nitrogen and oxygen atoms in total. The molecule has 0 fully saturated rings. The zero-order chi connectivity index (χ0) is 34.8. The molecule has 0 radical (unpaired) electrons. The van der Waals surface area contributed by atoms with E-state index in [0.29, 0.717) is 0 Å². The number of hydrogen-bond donors (Lipinski definition) is 0. The van der Waals surface area contributed by atoms with E-state index in [1.807, 2.05) is 0 Å². The standard InChI is InChI=1S/C33H33.C10H7.C5H5.CH2.Zr/c1-32(2,3)30-20-26-24(18-28(30)22-13-9-7-10-14-22)17-25-19-29(23-15-11-8-12-16-23)31(21-27(25)26)33(4,5)6;1-2-6-10-8-4-3-7-9(10)5-1;1-2-4-5-3-1;;/h7-16,18,20-21H,17H2,1-6H3;1-7H;1-3H,4H2;1H2;. The Morgan fingerprint density at radius 3 is 1.88 bits per heavy atom. The molecule has 1 atom stereocenters. The maximum atomic E-state index is 5.62. The van der Waals surface area contributed by atoms with Crippen molar-refractivity contribution in [3.05, 3.63) is 165 Å². The van der Waals surface area contributed by atoms with Crippen LogP contribution in [0.25, 0.3) is 44.2 Å². The number of rotatable bonds is 5. The predicted octanol–water partition coefficient (Wildman–Crippen LogP) is 11.7. The van der Waals surface area contributed by atoms with Gasteiger partial charge in [-0.15, -0.1) is 0 Å². The maximum absolute atomic E-state index is 5.62. The van der Waals surface area contributed by atoms with Crippen LogP contribution in [-0.2, 0) is 37.0 Å². The fraction of sp³-hybridized carbons (Fsp3) is 0.204. The number of benzene rings is 6. The van der Waals surface area contributed by atoms with Crippen molar-refractivity contribution in [1.82, 2.24) is 0 Å². The molecule has 0 bridgehead atoms. The summed E-state index contributed by atoms with van der Waals surface area (Å²) in [6, 6.07) is 45.9. The van der Waals surface area contributed by atoms with Crippen molar-refractivity contribution in [3.63, 3.8) is 0 Å². The van der Waals surface area contributed by atoms with E-state index in [1.54, 1.807) is 6.55 Å². The van der Waals surface area contributed by atoms with Crippen molar-refractivity contribution >= 4 is 21.5 Å². The van der Waals surface area contributed by atoms with Gasteiger partial charge in [0.05, 0.1) is 0 Å². The third-order valence-corrected chi connectivity index (χ3v) is 21.5. The molecule has 6 aromatic rings. The molecule has 0 heterocycles. The van der Waals surface area contributed by atoms with E-state index < -0.39 is 19.8 Å². The average Bonchev–Trinajstić information content (AvgIpc) is 3.79. The second kappa shape index (κ2) is 12.2. The fourth-order valence-corrected chi connectivity index (χ4v) is 19.2. The molecule has 1 unspecified atom stereocenters. The van der Waals surface area contributed by atoms with Crippen LogP contribution in [0.4, 0.5) is 0 Å². The molecule has 0 amide bonds. The molecule has 2 aliphatic rings. The van der Waals surface area contributed by atoms with Gasteiger partial charge in [0.15, 0.2) is 0 Å². The minimum atomic E-state index is -3.98. The van der Waals surface area contributed by atoms with Gasteiger partial charge in [-0.1, -0.05) is 0 Å². The first-order valence-electron chi connectivity index (χ1n) is 18.2. The van der Waals surface area contributed by atoms with Crippen LogP contribution in [0.15, 0.2) is 143 Å². The van der Waals surface area contributed by atoms with Crippen molar-refractivity contribution in [1.29, 1.82) is 0 Å². The Balaban J connectivity index is 1.53. The second-order valence-electron chi connectivity index (χ2n) is 16.4. The first-order chi connectivity index (χ1) is 24.0. The summed E-state index contributed by atoms with van der Waals surface area (Å²) in [5.74, 6) is 0. The topological polar surface area (TPSA) is 0 Å². The monoisotopic (exact) mass is 725 g/mol. The molecule has 0 saturated carbocycles. The van der Waals surface area contributed by atoms with Crippen LogP contribution in [0.3, 0.4) is 0 Å².